The van der Waals surface area contributed by atoms with E-state index < -0.39 is 0 Å². The minimum absolute atomic E-state index is 0.945. The van der Waals surface area contributed by atoms with E-state index in [4.69, 9.17) is 0 Å². The summed E-state index contributed by atoms with van der Waals surface area (Å²) in [4.78, 5) is 4.61. The Hall–Kier alpha value is -1.87. The first kappa shape index (κ1) is 10.3. The molecular formula is C14H12N2S. The van der Waals surface area contributed by atoms with Gasteiger partial charge in [-0.25, -0.2) is 4.98 Å². The van der Waals surface area contributed by atoms with Gasteiger partial charge in [-0.1, -0.05) is 41.7 Å². The number of para-hydroxylation sites is 2. The largest absolute Gasteiger partial charge is 0.332 e. The van der Waals surface area contributed by atoms with E-state index in [0.717, 1.165) is 16.3 Å². The van der Waals surface area contributed by atoms with Gasteiger partial charge in [-0.15, -0.1) is 0 Å². The smallest absolute Gasteiger partial charge is 0.188 e. The van der Waals surface area contributed by atoms with Crippen molar-refractivity contribution in [2.75, 3.05) is 5.32 Å². The average Bonchev–Trinajstić information content (AvgIpc) is 2.74. The highest BCUT2D eigenvalue weighted by Gasteiger charge is 2.05. The summed E-state index contributed by atoms with van der Waals surface area (Å²) in [5.41, 5.74) is 3.39. The number of aryl methyl sites for hydroxylation is 1. The van der Waals surface area contributed by atoms with Crippen LogP contribution in [0, 0.1) is 6.92 Å². The van der Waals surface area contributed by atoms with Crippen molar-refractivity contribution < 1.29 is 0 Å². The summed E-state index contributed by atoms with van der Waals surface area (Å²) in [6, 6.07) is 16.4. The van der Waals surface area contributed by atoms with Crippen LogP contribution in [0.2, 0.25) is 0 Å². The molecule has 84 valence electrons. The molecule has 0 atom stereocenters. The molecule has 0 radical (unpaired) electrons. The number of thiazole rings is 1. The van der Waals surface area contributed by atoms with E-state index in [2.05, 4.69) is 35.4 Å². The molecule has 1 aromatic heterocycles. The molecular weight excluding hydrogens is 228 g/mol. The molecule has 1 N–H and O–H groups in total. The summed E-state index contributed by atoms with van der Waals surface area (Å²) >= 11 is 1.68. The highest BCUT2D eigenvalue weighted by atomic mass is 32.1. The van der Waals surface area contributed by atoms with Crippen LogP contribution < -0.4 is 5.32 Å². The van der Waals surface area contributed by atoms with Crippen LogP contribution in [0.5, 0.6) is 0 Å². The summed E-state index contributed by atoms with van der Waals surface area (Å²) in [6.45, 7) is 2.09. The lowest BCUT2D eigenvalue weighted by Crippen LogP contribution is -1.87. The van der Waals surface area contributed by atoms with Crippen LogP contribution in [0.3, 0.4) is 0 Å². The van der Waals surface area contributed by atoms with Crippen molar-refractivity contribution in [1.82, 2.24) is 4.98 Å². The second-order valence-electron chi connectivity index (χ2n) is 3.93. The molecule has 0 unspecified atom stereocenters. The fourth-order valence-electron chi connectivity index (χ4n) is 1.78. The molecule has 0 aliphatic rings. The zero-order chi connectivity index (χ0) is 11.7. The van der Waals surface area contributed by atoms with Gasteiger partial charge in [0.05, 0.1) is 10.2 Å². The molecule has 0 saturated heterocycles. The predicted octanol–water partition coefficient (Wildman–Crippen LogP) is 4.35. The van der Waals surface area contributed by atoms with Gasteiger partial charge in [-0.3, -0.25) is 0 Å². The zero-order valence-electron chi connectivity index (χ0n) is 9.47. The third-order valence-corrected chi connectivity index (χ3v) is 3.58. The molecule has 2 nitrogen and oxygen atoms in total. The average molecular weight is 240 g/mol. The quantitative estimate of drug-likeness (QED) is 0.720. The lowest BCUT2D eigenvalue weighted by Gasteiger charge is -2.00. The summed E-state index contributed by atoms with van der Waals surface area (Å²) in [7, 11) is 0. The number of anilines is 2. The van der Waals surface area contributed by atoms with Gasteiger partial charge in [0.25, 0.3) is 0 Å². The van der Waals surface area contributed by atoms with Crippen LogP contribution in [0.4, 0.5) is 10.8 Å². The molecule has 3 heteroatoms. The molecule has 0 amide bonds. The number of nitrogens with one attached hydrogen (secondary N) is 1. The normalized spacial score (nSPS) is 10.6. The Morgan fingerprint density at radius 3 is 2.59 bits per heavy atom. The lowest BCUT2D eigenvalue weighted by atomic mass is 10.2. The third kappa shape index (κ3) is 2.01. The molecule has 3 aromatic rings. The van der Waals surface area contributed by atoms with E-state index in [1.807, 2.05) is 30.3 Å². The standard InChI is InChI=1S/C14H12N2S/c1-10-6-5-9-12-13(10)16-14(17-12)15-11-7-3-2-4-8-11/h2-9H,1H3,(H,15,16). The van der Waals surface area contributed by atoms with Crippen LogP contribution in [0.1, 0.15) is 5.56 Å². The van der Waals surface area contributed by atoms with Gasteiger partial charge in [0.1, 0.15) is 0 Å². The van der Waals surface area contributed by atoms with Crippen LogP contribution >= 0.6 is 11.3 Å². The Balaban J connectivity index is 1.99. The van der Waals surface area contributed by atoms with Crippen LogP contribution in [-0.2, 0) is 0 Å². The SMILES string of the molecule is Cc1cccc2sc(Nc3ccccc3)nc12. The van der Waals surface area contributed by atoms with E-state index in [1.54, 1.807) is 11.3 Å². The first-order valence-corrected chi connectivity index (χ1v) is 6.33. The Morgan fingerprint density at radius 2 is 1.82 bits per heavy atom. The van der Waals surface area contributed by atoms with Crippen molar-refractivity contribution in [3.05, 3.63) is 54.1 Å². The second-order valence-corrected chi connectivity index (χ2v) is 4.96. The van der Waals surface area contributed by atoms with Crippen LogP contribution in [0.15, 0.2) is 48.5 Å². The van der Waals surface area contributed by atoms with Gasteiger partial charge in [-0.05, 0) is 30.7 Å². The monoisotopic (exact) mass is 240 g/mol. The maximum absolute atomic E-state index is 4.61. The van der Waals surface area contributed by atoms with Gasteiger partial charge in [0, 0.05) is 5.69 Å². The van der Waals surface area contributed by atoms with Crippen molar-refractivity contribution in [1.29, 1.82) is 0 Å². The fourth-order valence-corrected chi connectivity index (χ4v) is 2.75. The zero-order valence-corrected chi connectivity index (χ0v) is 10.3. The van der Waals surface area contributed by atoms with Gasteiger partial charge in [0.2, 0.25) is 0 Å². The lowest BCUT2D eigenvalue weighted by molar-refractivity contribution is 1.40. The van der Waals surface area contributed by atoms with E-state index in [-0.39, 0.29) is 0 Å². The predicted molar refractivity (Wildman–Crippen MR) is 74.1 cm³/mol. The molecule has 0 fully saturated rings. The van der Waals surface area contributed by atoms with Crippen molar-refractivity contribution in [3.8, 4) is 0 Å². The molecule has 2 aromatic carbocycles. The maximum atomic E-state index is 4.61. The van der Waals surface area contributed by atoms with Gasteiger partial charge >= 0.3 is 0 Å². The number of nitrogens with zero attached hydrogens (tertiary/aromatic N) is 1. The Labute approximate surface area is 104 Å². The first-order valence-electron chi connectivity index (χ1n) is 5.51. The van der Waals surface area contributed by atoms with Crippen molar-refractivity contribution >= 4 is 32.4 Å². The Kier molecular flexibility index (Phi) is 2.53. The Bertz CT molecular complexity index is 644. The van der Waals surface area contributed by atoms with E-state index in [0.29, 0.717) is 0 Å². The molecule has 0 spiro atoms. The van der Waals surface area contributed by atoms with Gasteiger partial charge < -0.3 is 5.32 Å². The molecule has 0 aliphatic carbocycles. The highest BCUT2D eigenvalue weighted by molar-refractivity contribution is 7.22. The number of fused-ring (bicyclic) bond motifs is 1. The second kappa shape index (κ2) is 4.18. The molecule has 17 heavy (non-hydrogen) atoms. The summed E-state index contributed by atoms with van der Waals surface area (Å²) in [5, 5.41) is 4.27. The van der Waals surface area contributed by atoms with Gasteiger partial charge in [-0.2, -0.15) is 0 Å². The Morgan fingerprint density at radius 1 is 1.00 bits per heavy atom. The van der Waals surface area contributed by atoms with E-state index >= 15 is 0 Å². The summed E-state index contributed by atoms with van der Waals surface area (Å²) in [6.07, 6.45) is 0. The number of aromatic nitrogens is 1. The maximum Gasteiger partial charge on any atom is 0.188 e. The number of benzene rings is 2. The van der Waals surface area contributed by atoms with Gasteiger partial charge in [0.15, 0.2) is 5.13 Å². The van der Waals surface area contributed by atoms with E-state index in [9.17, 15) is 0 Å². The fraction of sp³-hybridized carbons (Fsp3) is 0.0714. The first-order chi connectivity index (χ1) is 8.33. The molecule has 0 bridgehead atoms. The summed E-state index contributed by atoms with van der Waals surface area (Å²) < 4.78 is 1.23. The number of hydrogen-bond acceptors (Lipinski definition) is 3. The topological polar surface area (TPSA) is 24.9 Å². The minimum Gasteiger partial charge on any atom is -0.332 e. The molecule has 1 heterocycles. The summed E-state index contributed by atoms with van der Waals surface area (Å²) in [5.74, 6) is 0. The molecule has 0 saturated carbocycles. The number of hydrogen-bond donors (Lipinski definition) is 1. The molecule has 3 rings (SSSR count). The highest BCUT2D eigenvalue weighted by Crippen LogP contribution is 2.29. The van der Waals surface area contributed by atoms with Crippen LogP contribution in [0.25, 0.3) is 10.2 Å². The van der Waals surface area contributed by atoms with E-state index in [1.165, 1.54) is 10.3 Å². The van der Waals surface area contributed by atoms with Crippen molar-refractivity contribution in [3.63, 3.8) is 0 Å². The van der Waals surface area contributed by atoms with Crippen LogP contribution in [-0.4, -0.2) is 4.98 Å². The van der Waals surface area contributed by atoms with Crippen molar-refractivity contribution in [2.24, 2.45) is 0 Å². The third-order valence-electron chi connectivity index (χ3n) is 2.65. The number of rotatable bonds is 2. The molecule has 0 aliphatic heterocycles. The minimum atomic E-state index is 0.945. The van der Waals surface area contributed by atoms with Crippen molar-refractivity contribution in [2.45, 2.75) is 6.92 Å².